The molecule has 0 radical (unpaired) electrons. The van der Waals surface area contributed by atoms with Crippen LogP contribution in [-0.2, 0) is 4.79 Å². The number of aliphatic carboxylic acids is 1. The van der Waals surface area contributed by atoms with Gasteiger partial charge in [-0.25, -0.2) is 4.79 Å². The lowest BCUT2D eigenvalue weighted by Gasteiger charge is -2.16. The average Bonchev–Trinajstić information content (AvgIpc) is 2.98. The number of carbonyl (C=O) groups excluding carboxylic acids is 1. The van der Waals surface area contributed by atoms with Crippen molar-refractivity contribution in [3.63, 3.8) is 0 Å². The highest BCUT2D eigenvalue weighted by molar-refractivity contribution is 7.16. The maximum Gasteiger partial charge on any atom is 0.315 e. The summed E-state index contributed by atoms with van der Waals surface area (Å²) in [7, 11) is 0. The van der Waals surface area contributed by atoms with Crippen molar-refractivity contribution < 1.29 is 14.7 Å². The molecule has 1 aliphatic carbocycles. The van der Waals surface area contributed by atoms with E-state index in [0.29, 0.717) is 23.6 Å². The molecule has 1 heterocycles. The molecule has 20 heavy (non-hydrogen) atoms. The molecule has 0 aromatic carbocycles. The first-order valence-corrected chi connectivity index (χ1v) is 7.70. The molecule has 2 amide bonds. The second-order valence-electron chi connectivity index (χ2n) is 5.03. The van der Waals surface area contributed by atoms with Gasteiger partial charge in [0.15, 0.2) is 0 Å². The predicted octanol–water partition coefficient (Wildman–Crippen LogP) is 3.02. The fourth-order valence-corrected chi connectivity index (χ4v) is 3.46. The Balaban J connectivity index is 1.80. The molecule has 5 nitrogen and oxygen atoms in total. The van der Waals surface area contributed by atoms with Crippen molar-refractivity contribution in [3.05, 3.63) is 21.3 Å². The monoisotopic (exact) mass is 316 g/mol. The topological polar surface area (TPSA) is 78.4 Å². The number of amides is 2. The molecule has 3 unspecified atom stereocenters. The van der Waals surface area contributed by atoms with Crippen LogP contribution in [0.15, 0.2) is 12.1 Å². The molecule has 1 saturated carbocycles. The third-order valence-electron chi connectivity index (χ3n) is 3.49. The number of urea groups is 1. The van der Waals surface area contributed by atoms with Crippen LogP contribution >= 0.6 is 22.9 Å². The lowest BCUT2D eigenvalue weighted by molar-refractivity contribution is -0.141. The van der Waals surface area contributed by atoms with Gasteiger partial charge in [0.05, 0.1) is 16.3 Å². The van der Waals surface area contributed by atoms with E-state index in [1.807, 2.05) is 13.0 Å². The summed E-state index contributed by atoms with van der Waals surface area (Å²) < 4.78 is 0.689. The first-order chi connectivity index (χ1) is 9.45. The van der Waals surface area contributed by atoms with Crippen LogP contribution in [0.4, 0.5) is 4.79 Å². The minimum absolute atomic E-state index is 0.0600. The largest absolute Gasteiger partial charge is 0.481 e. The van der Waals surface area contributed by atoms with E-state index >= 15 is 0 Å². The Morgan fingerprint density at radius 3 is 2.75 bits per heavy atom. The summed E-state index contributed by atoms with van der Waals surface area (Å²) >= 11 is 7.29. The molecule has 1 aromatic heterocycles. The molecule has 110 valence electrons. The van der Waals surface area contributed by atoms with Gasteiger partial charge in [-0.3, -0.25) is 4.79 Å². The summed E-state index contributed by atoms with van der Waals surface area (Å²) in [4.78, 5) is 23.7. The van der Waals surface area contributed by atoms with E-state index in [-0.39, 0.29) is 24.0 Å². The third-order valence-corrected chi connectivity index (χ3v) is 4.90. The number of hydrogen-bond donors (Lipinski definition) is 3. The van der Waals surface area contributed by atoms with Crippen molar-refractivity contribution in [1.82, 2.24) is 10.6 Å². The minimum Gasteiger partial charge on any atom is -0.481 e. The Bertz CT molecular complexity index is 506. The van der Waals surface area contributed by atoms with Crippen LogP contribution in [0.25, 0.3) is 0 Å². The fraction of sp³-hybridized carbons (Fsp3) is 0.538. The molecular weight excluding hydrogens is 300 g/mol. The van der Waals surface area contributed by atoms with Gasteiger partial charge in [-0.2, -0.15) is 0 Å². The highest BCUT2D eigenvalue weighted by Crippen LogP contribution is 2.27. The number of carbonyl (C=O) groups is 2. The van der Waals surface area contributed by atoms with Gasteiger partial charge in [0, 0.05) is 10.9 Å². The number of carboxylic acid groups (broad SMARTS) is 1. The van der Waals surface area contributed by atoms with Gasteiger partial charge in [-0.15, -0.1) is 11.3 Å². The summed E-state index contributed by atoms with van der Waals surface area (Å²) in [5, 5.41) is 14.6. The minimum atomic E-state index is -0.781. The molecule has 7 heteroatoms. The average molecular weight is 317 g/mol. The van der Waals surface area contributed by atoms with Crippen molar-refractivity contribution in [2.24, 2.45) is 5.92 Å². The Hall–Kier alpha value is -1.27. The summed E-state index contributed by atoms with van der Waals surface area (Å²) in [6.45, 7) is 1.89. The SMILES string of the molecule is CC(NC(=O)NC1CCC(C(=O)O)C1)c1ccc(Cl)s1. The first-order valence-electron chi connectivity index (χ1n) is 6.50. The lowest BCUT2D eigenvalue weighted by Crippen LogP contribution is -2.42. The number of rotatable bonds is 4. The fourth-order valence-electron chi connectivity index (χ4n) is 2.39. The standard InChI is InChI=1S/C13H17ClN2O3S/c1-7(10-4-5-11(14)20-10)15-13(19)16-9-3-2-8(6-9)12(17)18/h4-5,7-9H,2-3,6H2,1H3,(H,17,18)(H2,15,16,19). The van der Waals surface area contributed by atoms with Gasteiger partial charge < -0.3 is 15.7 Å². The number of hydrogen-bond acceptors (Lipinski definition) is 3. The molecule has 0 saturated heterocycles. The lowest BCUT2D eigenvalue weighted by atomic mass is 10.1. The zero-order valence-electron chi connectivity index (χ0n) is 11.1. The second-order valence-corrected chi connectivity index (χ2v) is 6.77. The van der Waals surface area contributed by atoms with Crippen LogP contribution in [0.1, 0.15) is 37.1 Å². The maximum atomic E-state index is 11.9. The van der Waals surface area contributed by atoms with Crippen molar-refractivity contribution in [2.75, 3.05) is 0 Å². The number of nitrogens with one attached hydrogen (secondary N) is 2. The Kier molecular flexibility index (Phi) is 4.88. The highest BCUT2D eigenvalue weighted by Gasteiger charge is 2.30. The van der Waals surface area contributed by atoms with Gasteiger partial charge in [0.25, 0.3) is 0 Å². The quantitative estimate of drug-likeness (QED) is 0.799. The third kappa shape index (κ3) is 3.86. The molecule has 1 aromatic rings. The molecule has 2 rings (SSSR count). The maximum absolute atomic E-state index is 11.9. The van der Waals surface area contributed by atoms with Gasteiger partial charge in [-0.1, -0.05) is 11.6 Å². The molecule has 1 aliphatic rings. The van der Waals surface area contributed by atoms with E-state index in [2.05, 4.69) is 10.6 Å². The Labute approximate surface area is 126 Å². The Morgan fingerprint density at radius 2 is 2.20 bits per heavy atom. The molecule has 3 N–H and O–H groups in total. The van der Waals surface area contributed by atoms with Gasteiger partial charge >= 0.3 is 12.0 Å². The van der Waals surface area contributed by atoms with E-state index in [9.17, 15) is 9.59 Å². The van der Waals surface area contributed by atoms with Crippen LogP contribution in [0.5, 0.6) is 0 Å². The Morgan fingerprint density at radius 1 is 1.45 bits per heavy atom. The zero-order valence-corrected chi connectivity index (χ0v) is 12.6. The number of halogens is 1. The highest BCUT2D eigenvalue weighted by atomic mass is 35.5. The second kappa shape index (κ2) is 6.45. The number of thiophene rings is 1. The van der Waals surface area contributed by atoms with Crippen LogP contribution in [0.2, 0.25) is 4.34 Å². The van der Waals surface area contributed by atoms with Crippen LogP contribution in [0, 0.1) is 5.92 Å². The molecule has 3 atom stereocenters. The van der Waals surface area contributed by atoms with Crippen molar-refractivity contribution in [3.8, 4) is 0 Å². The normalized spacial score (nSPS) is 23.3. The van der Waals surface area contributed by atoms with Crippen LogP contribution in [0.3, 0.4) is 0 Å². The predicted molar refractivity (Wildman–Crippen MR) is 78.2 cm³/mol. The van der Waals surface area contributed by atoms with E-state index in [1.54, 1.807) is 6.07 Å². The summed E-state index contributed by atoms with van der Waals surface area (Å²) in [6.07, 6.45) is 1.84. The molecule has 1 fully saturated rings. The molecule has 0 bridgehead atoms. The van der Waals surface area contributed by atoms with Gasteiger partial charge in [0.2, 0.25) is 0 Å². The number of carboxylic acids is 1. The molecule has 0 aliphatic heterocycles. The van der Waals surface area contributed by atoms with E-state index in [1.165, 1.54) is 11.3 Å². The van der Waals surface area contributed by atoms with Crippen LogP contribution in [-0.4, -0.2) is 23.1 Å². The van der Waals surface area contributed by atoms with E-state index in [0.717, 1.165) is 4.88 Å². The zero-order chi connectivity index (χ0) is 14.7. The van der Waals surface area contributed by atoms with E-state index in [4.69, 9.17) is 16.7 Å². The smallest absolute Gasteiger partial charge is 0.315 e. The van der Waals surface area contributed by atoms with Crippen LogP contribution < -0.4 is 10.6 Å². The molecule has 0 spiro atoms. The van der Waals surface area contributed by atoms with Crippen molar-refractivity contribution in [2.45, 2.75) is 38.3 Å². The van der Waals surface area contributed by atoms with Crippen molar-refractivity contribution in [1.29, 1.82) is 0 Å². The molecular formula is C13H17ClN2O3S. The van der Waals surface area contributed by atoms with Gasteiger partial charge in [-0.05, 0) is 38.3 Å². The van der Waals surface area contributed by atoms with Gasteiger partial charge in [0.1, 0.15) is 0 Å². The first kappa shape index (κ1) is 15.1. The summed E-state index contributed by atoms with van der Waals surface area (Å²) in [5.41, 5.74) is 0. The summed E-state index contributed by atoms with van der Waals surface area (Å²) in [6, 6.07) is 3.23. The summed E-state index contributed by atoms with van der Waals surface area (Å²) in [5.74, 6) is -1.12. The van der Waals surface area contributed by atoms with Crippen molar-refractivity contribution >= 4 is 34.9 Å². The van der Waals surface area contributed by atoms with E-state index < -0.39 is 5.97 Å².